The van der Waals surface area contributed by atoms with Crippen molar-refractivity contribution in [2.45, 2.75) is 52.5 Å². The van der Waals surface area contributed by atoms with Crippen LogP contribution in [0.15, 0.2) is 24.3 Å². The van der Waals surface area contributed by atoms with Crippen LogP contribution in [0.3, 0.4) is 0 Å². The van der Waals surface area contributed by atoms with Crippen LogP contribution in [0.5, 0.6) is 5.88 Å². The zero-order chi connectivity index (χ0) is 16.7. The average molecular weight is 355 g/mol. The Morgan fingerprint density at radius 2 is 1.87 bits per heavy atom. The van der Waals surface area contributed by atoms with Gasteiger partial charge in [-0.1, -0.05) is 56.0 Å². The van der Waals surface area contributed by atoms with E-state index in [0.29, 0.717) is 29.1 Å². The fourth-order valence-electron chi connectivity index (χ4n) is 2.33. The van der Waals surface area contributed by atoms with Crippen molar-refractivity contribution in [3.63, 3.8) is 0 Å². The number of hydrogen-bond acceptors (Lipinski definition) is 2. The molecular weight excluding hydrogens is 331 g/mol. The second-order valence-electron chi connectivity index (χ2n) is 5.67. The first-order valence-electron chi connectivity index (χ1n) is 8.27. The molecular formula is C18H24Cl2N2O. The predicted octanol–water partition coefficient (Wildman–Crippen LogP) is 5.76. The van der Waals surface area contributed by atoms with Crippen molar-refractivity contribution >= 4 is 23.2 Å². The summed E-state index contributed by atoms with van der Waals surface area (Å²) in [6.07, 6.45) is 5.43. The standard InChI is InChI=1S/C18H24Cl2N2O/c1-3-5-7-16-12-18(23-10-6-4-2)21-22(16)13-14-8-9-15(19)11-17(14)20/h8-9,11-12H,3-7,10,13H2,1-2H3. The molecule has 1 aromatic carbocycles. The van der Waals surface area contributed by atoms with Crippen molar-refractivity contribution in [1.82, 2.24) is 9.78 Å². The third kappa shape index (κ3) is 5.43. The molecule has 0 aliphatic heterocycles. The number of hydrogen-bond donors (Lipinski definition) is 0. The Labute approximate surface area is 148 Å². The Balaban J connectivity index is 2.16. The molecule has 0 amide bonds. The van der Waals surface area contributed by atoms with E-state index in [1.807, 2.05) is 16.8 Å². The quantitative estimate of drug-likeness (QED) is 0.535. The second kappa shape index (κ2) is 9.19. The van der Waals surface area contributed by atoms with Crippen molar-refractivity contribution in [3.8, 4) is 5.88 Å². The molecule has 0 radical (unpaired) electrons. The monoisotopic (exact) mass is 354 g/mol. The summed E-state index contributed by atoms with van der Waals surface area (Å²) >= 11 is 12.3. The zero-order valence-corrected chi connectivity index (χ0v) is 15.3. The minimum absolute atomic E-state index is 0.631. The largest absolute Gasteiger partial charge is 0.477 e. The molecule has 0 fully saturated rings. The fraction of sp³-hybridized carbons (Fsp3) is 0.500. The van der Waals surface area contributed by atoms with Crippen LogP contribution in [-0.2, 0) is 13.0 Å². The van der Waals surface area contributed by atoms with Gasteiger partial charge in [-0.15, -0.1) is 5.10 Å². The van der Waals surface area contributed by atoms with Crippen LogP contribution < -0.4 is 4.74 Å². The van der Waals surface area contributed by atoms with Gasteiger partial charge in [0.05, 0.1) is 13.2 Å². The highest BCUT2D eigenvalue weighted by atomic mass is 35.5. The second-order valence-corrected chi connectivity index (χ2v) is 6.52. The van der Waals surface area contributed by atoms with E-state index < -0.39 is 0 Å². The van der Waals surface area contributed by atoms with E-state index in [4.69, 9.17) is 27.9 Å². The number of ether oxygens (including phenoxy) is 1. The molecule has 5 heteroatoms. The van der Waals surface area contributed by atoms with E-state index >= 15 is 0 Å². The summed E-state index contributed by atoms with van der Waals surface area (Å²) in [6.45, 7) is 5.68. The normalized spacial score (nSPS) is 11.0. The molecule has 126 valence electrons. The number of rotatable bonds is 9. The maximum Gasteiger partial charge on any atom is 0.233 e. The molecule has 0 N–H and O–H groups in total. The number of halogens is 2. The third-order valence-corrected chi connectivity index (χ3v) is 4.30. The maximum atomic E-state index is 6.29. The summed E-state index contributed by atoms with van der Waals surface area (Å²) < 4.78 is 7.74. The first-order valence-corrected chi connectivity index (χ1v) is 9.03. The predicted molar refractivity (Wildman–Crippen MR) is 96.8 cm³/mol. The third-order valence-electron chi connectivity index (χ3n) is 3.71. The molecule has 0 bridgehead atoms. The lowest BCUT2D eigenvalue weighted by Gasteiger charge is -2.09. The van der Waals surface area contributed by atoms with Crippen molar-refractivity contribution in [2.24, 2.45) is 0 Å². The SMILES string of the molecule is CCCCOc1cc(CCCC)n(Cc2ccc(Cl)cc2Cl)n1. The van der Waals surface area contributed by atoms with E-state index in [0.717, 1.165) is 37.7 Å². The van der Waals surface area contributed by atoms with Gasteiger partial charge in [-0.25, -0.2) is 0 Å². The Morgan fingerprint density at radius 3 is 2.57 bits per heavy atom. The van der Waals surface area contributed by atoms with Gasteiger partial charge in [-0.05, 0) is 37.0 Å². The van der Waals surface area contributed by atoms with Gasteiger partial charge in [0.25, 0.3) is 0 Å². The van der Waals surface area contributed by atoms with Crippen LogP contribution in [0.1, 0.15) is 50.8 Å². The van der Waals surface area contributed by atoms with Gasteiger partial charge < -0.3 is 4.74 Å². The summed E-state index contributed by atoms with van der Waals surface area (Å²) in [5.41, 5.74) is 2.20. The Hall–Kier alpha value is -1.19. The van der Waals surface area contributed by atoms with Gasteiger partial charge in [-0.3, -0.25) is 4.68 Å². The van der Waals surface area contributed by atoms with Crippen LogP contribution in [0.4, 0.5) is 0 Å². The maximum absolute atomic E-state index is 6.29. The lowest BCUT2D eigenvalue weighted by molar-refractivity contribution is 0.294. The summed E-state index contributed by atoms with van der Waals surface area (Å²) in [7, 11) is 0. The first-order chi connectivity index (χ1) is 11.1. The number of nitrogens with zero attached hydrogens (tertiary/aromatic N) is 2. The molecule has 2 rings (SSSR count). The minimum Gasteiger partial charge on any atom is -0.477 e. The van der Waals surface area contributed by atoms with Crippen LogP contribution in [0, 0.1) is 0 Å². The Morgan fingerprint density at radius 1 is 1.09 bits per heavy atom. The van der Waals surface area contributed by atoms with Gasteiger partial charge in [0, 0.05) is 21.8 Å². The van der Waals surface area contributed by atoms with Gasteiger partial charge >= 0.3 is 0 Å². The van der Waals surface area contributed by atoms with E-state index in [1.54, 1.807) is 6.07 Å². The molecule has 0 saturated carbocycles. The molecule has 0 saturated heterocycles. The highest BCUT2D eigenvalue weighted by molar-refractivity contribution is 6.35. The molecule has 1 heterocycles. The number of benzene rings is 1. The lowest BCUT2D eigenvalue weighted by Crippen LogP contribution is -2.07. The molecule has 0 spiro atoms. The van der Waals surface area contributed by atoms with Gasteiger partial charge in [0.1, 0.15) is 0 Å². The van der Waals surface area contributed by atoms with Crippen LogP contribution in [-0.4, -0.2) is 16.4 Å². The average Bonchev–Trinajstić information content (AvgIpc) is 2.90. The van der Waals surface area contributed by atoms with E-state index in [1.165, 1.54) is 5.69 Å². The first kappa shape index (κ1) is 18.2. The van der Waals surface area contributed by atoms with Crippen molar-refractivity contribution in [1.29, 1.82) is 0 Å². The molecule has 0 atom stereocenters. The molecule has 2 aromatic rings. The summed E-state index contributed by atoms with van der Waals surface area (Å²) in [5.74, 6) is 0.703. The smallest absolute Gasteiger partial charge is 0.233 e. The summed E-state index contributed by atoms with van der Waals surface area (Å²) in [4.78, 5) is 0. The van der Waals surface area contributed by atoms with Gasteiger partial charge in [-0.2, -0.15) is 0 Å². The molecule has 0 aliphatic carbocycles. The van der Waals surface area contributed by atoms with Gasteiger partial charge in [0.2, 0.25) is 5.88 Å². The van der Waals surface area contributed by atoms with Crippen molar-refractivity contribution in [3.05, 3.63) is 45.6 Å². The molecule has 3 nitrogen and oxygen atoms in total. The molecule has 1 aromatic heterocycles. The Kier molecular flexibility index (Phi) is 7.25. The summed E-state index contributed by atoms with van der Waals surface area (Å²) in [6, 6.07) is 7.63. The highest BCUT2D eigenvalue weighted by Gasteiger charge is 2.11. The number of unbranched alkanes of at least 4 members (excludes halogenated alkanes) is 2. The van der Waals surface area contributed by atoms with E-state index in [2.05, 4.69) is 25.0 Å². The number of aromatic nitrogens is 2. The lowest BCUT2D eigenvalue weighted by atomic mass is 10.2. The van der Waals surface area contributed by atoms with Crippen molar-refractivity contribution < 1.29 is 4.74 Å². The Bertz CT molecular complexity index is 625. The van der Waals surface area contributed by atoms with Crippen LogP contribution in [0.25, 0.3) is 0 Å². The van der Waals surface area contributed by atoms with E-state index in [-0.39, 0.29) is 0 Å². The van der Waals surface area contributed by atoms with E-state index in [9.17, 15) is 0 Å². The molecule has 0 unspecified atom stereocenters. The topological polar surface area (TPSA) is 27.1 Å². The highest BCUT2D eigenvalue weighted by Crippen LogP contribution is 2.23. The zero-order valence-electron chi connectivity index (χ0n) is 13.8. The van der Waals surface area contributed by atoms with Crippen molar-refractivity contribution in [2.75, 3.05) is 6.61 Å². The molecule has 23 heavy (non-hydrogen) atoms. The minimum atomic E-state index is 0.631. The van der Waals surface area contributed by atoms with Gasteiger partial charge in [0.15, 0.2) is 0 Å². The summed E-state index contributed by atoms with van der Waals surface area (Å²) in [5, 5.41) is 5.91. The van der Waals surface area contributed by atoms with Crippen LogP contribution in [0.2, 0.25) is 10.0 Å². The molecule has 0 aliphatic rings. The van der Waals surface area contributed by atoms with Crippen LogP contribution >= 0.6 is 23.2 Å². The fourth-order valence-corrected chi connectivity index (χ4v) is 2.80. The number of aryl methyl sites for hydroxylation is 1.